The summed E-state index contributed by atoms with van der Waals surface area (Å²) >= 11 is 0. The number of sulfone groups is 1. The van der Waals surface area contributed by atoms with Gasteiger partial charge in [-0.15, -0.1) is 0 Å². The van der Waals surface area contributed by atoms with Crippen LogP contribution in [0, 0.1) is 12.8 Å². The number of benzene rings is 1. The van der Waals surface area contributed by atoms with Crippen molar-refractivity contribution in [3.8, 4) is 0 Å². The van der Waals surface area contributed by atoms with Crippen LogP contribution in [0.3, 0.4) is 0 Å². The van der Waals surface area contributed by atoms with E-state index in [1.165, 1.54) is 0 Å². The lowest BCUT2D eigenvalue weighted by atomic mass is 10.0. The fourth-order valence-corrected chi connectivity index (χ4v) is 4.41. The number of aryl methyl sites for hydroxylation is 1. The summed E-state index contributed by atoms with van der Waals surface area (Å²) in [7, 11) is -3.00. The van der Waals surface area contributed by atoms with Crippen LogP contribution < -0.4 is 5.32 Å². The first-order valence-electron chi connectivity index (χ1n) is 6.52. The van der Waals surface area contributed by atoms with Crippen LogP contribution in [0.15, 0.2) is 24.3 Å². The fourth-order valence-electron chi connectivity index (χ4n) is 2.49. The van der Waals surface area contributed by atoms with Crippen molar-refractivity contribution in [2.24, 2.45) is 5.92 Å². The maximum atomic E-state index is 12.2. The second-order valence-electron chi connectivity index (χ2n) is 5.19. The van der Waals surface area contributed by atoms with Gasteiger partial charge in [0.1, 0.15) is 0 Å². The quantitative estimate of drug-likeness (QED) is 0.906. The summed E-state index contributed by atoms with van der Waals surface area (Å²) in [5, 5.41) is 3.27. The second kappa shape index (κ2) is 5.85. The van der Waals surface area contributed by atoms with Gasteiger partial charge in [-0.2, -0.15) is 0 Å². The molecule has 1 fully saturated rings. The molecule has 0 radical (unpaired) electrons. The molecule has 100 valence electrons. The van der Waals surface area contributed by atoms with Gasteiger partial charge in [0.25, 0.3) is 0 Å². The molecule has 0 saturated carbocycles. The average Bonchev–Trinajstić information content (AvgIpc) is 2.32. The van der Waals surface area contributed by atoms with Crippen LogP contribution >= 0.6 is 0 Å². The van der Waals surface area contributed by atoms with E-state index in [0.29, 0.717) is 5.75 Å². The van der Waals surface area contributed by atoms with Crippen LogP contribution in [-0.4, -0.2) is 27.3 Å². The molecule has 1 aliphatic rings. The van der Waals surface area contributed by atoms with E-state index in [-0.39, 0.29) is 11.7 Å². The second-order valence-corrected chi connectivity index (χ2v) is 7.30. The van der Waals surface area contributed by atoms with Crippen LogP contribution in [0.4, 0.5) is 0 Å². The van der Waals surface area contributed by atoms with Crippen LogP contribution in [0.5, 0.6) is 0 Å². The molecule has 18 heavy (non-hydrogen) atoms. The van der Waals surface area contributed by atoms with Crippen molar-refractivity contribution < 1.29 is 8.42 Å². The first kappa shape index (κ1) is 13.6. The molecule has 0 spiro atoms. The van der Waals surface area contributed by atoms with E-state index < -0.39 is 9.84 Å². The number of hydrogen-bond acceptors (Lipinski definition) is 3. The molecule has 1 aliphatic heterocycles. The van der Waals surface area contributed by atoms with Crippen molar-refractivity contribution in [2.75, 3.05) is 18.8 Å². The zero-order valence-electron chi connectivity index (χ0n) is 10.9. The average molecular weight is 267 g/mol. The van der Waals surface area contributed by atoms with E-state index in [1.54, 1.807) is 0 Å². The molecule has 1 N–H and O–H groups in total. The third kappa shape index (κ3) is 3.82. The molecule has 2 rings (SSSR count). The van der Waals surface area contributed by atoms with Gasteiger partial charge in [-0.05, 0) is 49.9 Å². The molecular weight excluding hydrogens is 246 g/mol. The summed E-state index contributed by atoms with van der Waals surface area (Å²) in [5.74, 6) is 0.776. The molecule has 4 heteroatoms. The van der Waals surface area contributed by atoms with E-state index >= 15 is 0 Å². The Labute approximate surface area is 110 Å². The predicted molar refractivity (Wildman–Crippen MR) is 74.3 cm³/mol. The van der Waals surface area contributed by atoms with Crippen molar-refractivity contribution in [1.29, 1.82) is 0 Å². The minimum atomic E-state index is -3.00. The minimum absolute atomic E-state index is 0.177. The summed E-state index contributed by atoms with van der Waals surface area (Å²) in [4.78, 5) is 0. The predicted octanol–water partition coefficient (Wildman–Crippen LogP) is 1.91. The topological polar surface area (TPSA) is 46.2 Å². The van der Waals surface area contributed by atoms with E-state index in [0.717, 1.165) is 37.1 Å². The number of nitrogens with one attached hydrogen (secondary N) is 1. The van der Waals surface area contributed by atoms with Crippen LogP contribution in [0.2, 0.25) is 0 Å². The highest BCUT2D eigenvalue weighted by molar-refractivity contribution is 7.90. The Balaban J connectivity index is 2.01. The van der Waals surface area contributed by atoms with Gasteiger partial charge in [-0.1, -0.05) is 24.3 Å². The molecule has 1 heterocycles. The van der Waals surface area contributed by atoms with Gasteiger partial charge in [-0.25, -0.2) is 8.42 Å². The Morgan fingerprint density at radius 2 is 2.11 bits per heavy atom. The highest BCUT2D eigenvalue weighted by Crippen LogP contribution is 2.17. The largest absolute Gasteiger partial charge is 0.316 e. The van der Waals surface area contributed by atoms with Crippen molar-refractivity contribution in [3.63, 3.8) is 0 Å². The first-order chi connectivity index (χ1) is 8.57. The normalized spacial score (nSPS) is 20.8. The van der Waals surface area contributed by atoms with E-state index in [1.807, 2.05) is 31.2 Å². The highest BCUT2D eigenvalue weighted by Gasteiger charge is 2.21. The van der Waals surface area contributed by atoms with Gasteiger partial charge in [0.2, 0.25) is 0 Å². The van der Waals surface area contributed by atoms with E-state index in [9.17, 15) is 8.42 Å². The highest BCUT2D eigenvalue weighted by atomic mass is 32.2. The summed E-state index contributed by atoms with van der Waals surface area (Å²) in [5.41, 5.74) is 1.99. The Bertz CT molecular complexity index is 490. The molecule has 1 unspecified atom stereocenters. The zero-order valence-corrected chi connectivity index (χ0v) is 11.7. The maximum Gasteiger partial charge on any atom is 0.154 e. The summed E-state index contributed by atoms with van der Waals surface area (Å²) in [6, 6.07) is 7.72. The number of hydrogen-bond donors (Lipinski definition) is 1. The van der Waals surface area contributed by atoms with E-state index in [4.69, 9.17) is 0 Å². The molecule has 0 aromatic heterocycles. The van der Waals surface area contributed by atoms with Crippen molar-refractivity contribution in [1.82, 2.24) is 5.32 Å². The standard InChI is InChI=1S/C14H21NO2S/c1-12-5-2-3-7-14(12)11-18(16,17)10-13-6-4-8-15-9-13/h2-3,5,7,13,15H,4,6,8-11H2,1H3. The minimum Gasteiger partial charge on any atom is -0.316 e. The third-order valence-electron chi connectivity index (χ3n) is 3.53. The van der Waals surface area contributed by atoms with E-state index in [2.05, 4.69) is 5.32 Å². The SMILES string of the molecule is Cc1ccccc1CS(=O)(=O)CC1CCCNC1. The first-order valence-corrected chi connectivity index (χ1v) is 8.34. The van der Waals surface area contributed by atoms with Gasteiger partial charge in [0, 0.05) is 0 Å². The molecule has 1 saturated heterocycles. The Kier molecular flexibility index (Phi) is 4.40. The van der Waals surface area contributed by atoms with Gasteiger partial charge < -0.3 is 5.32 Å². The van der Waals surface area contributed by atoms with Crippen molar-refractivity contribution >= 4 is 9.84 Å². The number of rotatable bonds is 4. The van der Waals surface area contributed by atoms with Gasteiger partial charge in [-0.3, -0.25) is 0 Å². The summed E-state index contributed by atoms with van der Waals surface area (Å²) in [6.07, 6.45) is 2.12. The van der Waals surface area contributed by atoms with Crippen LogP contribution in [0.1, 0.15) is 24.0 Å². The molecule has 1 atom stereocenters. The van der Waals surface area contributed by atoms with Crippen molar-refractivity contribution in [2.45, 2.75) is 25.5 Å². The Hall–Kier alpha value is -0.870. The smallest absolute Gasteiger partial charge is 0.154 e. The lowest BCUT2D eigenvalue weighted by Crippen LogP contribution is -2.34. The molecule has 0 amide bonds. The summed E-state index contributed by atoms with van der Waals surface area (Å²) < 4.78 is 24.4. The van der Waals surface area contributed by atoms with Crippen LogP contribution in [0.25, 0.3) is 0 Å². The molecule has 0 aliphatic carbocycles. The summed E-state index contributed by atoms with van der Waals surface area (Å²) in [6.45, 7) is 3.83. The van der Waals surface area contributed by atoms with Crippen molar-refractivity contribution in [3.05, 3.63) is 35.4 Å². The molecule has 3 nitrogen and oxygen atoms in total. The molecule has 1 aromatic carbocycles. The lowest BCUT2D eigenvalue weighted by molar-refractivity contribution is 0.404. The zero-order chi connectivity index (χ0) is 13.0. The molecular formula is C14H21NO2S. The Morgan fingerprint density at radius 1 is 1.33 bits per heavy atom. The Morgan fingerprint density at radius 3 is 2.78 bits per heavy atom. The monoisotopic (exact) mass is 267 g/mol. The van der Waals surface area contributed by atoms with Gasteiger partial charge >= 0.3 is 0 Å². The maximum absolute atomic E-state index is 12.2. The van der Waals surface area contributed by atoms with Gasteiger partial charge in [0.05, 0.1) is 11.5 Å². The molecule has 0 bridgehead atoms. The third-order valence-corrected chi connectivity index (χ3v) is 5.26. The van der Waals surface area contributed by atoms with Gasteiger partial charge in [0.15, 0.2) is 9.84 Å². The number of piperidine rings is 1. The van der Waals surface area contributed by atoms with Crippen LogP contribution in [-0.2, 0) is 15.6 Å². The molecule has 1 aromatic rings. The lowest BCUT2D eigenvalue weighted by Gasteiger charge is -2.22. The fraction of sp³-hybridized carbons (Fsp3) is 0.571.